The lowest BCUT2D eigenvalue weighted by Gasteiger charge is -2.08. The van der Waals surface area contributed by atoms with E-state index < -0.39 is 5.97 Å². The number of carbonyl (C=O) groups is 1. The van der Waals surface area contributed by atoms with Gasteiger partial charge in [-0.1, -0.05) is 27.5 Å². The molecule has 1 heterocycles. The summed E-state index contributed by atoms with van der Waals surface area (Å²) in [5.41, 5.74) is 1.53. The van der Waals surface area contributed by atoms with Gasteiger partial charge in [-0.25, -0.2) is 4.79 Å². The van der Waals surface area contributed by atoms with Crippen molar-refractivity contribution in [1.29, 1.82) is 0 Å². The average Bonchev–Trinajstić information content (AvgIpc) is 2.79. The average molecular weight is 347 g/mol. The van der Waals surface area contributed by atoms with Crippen molar-refractivity contribution in [2.45, 2.75) is 6.54 Å². The van der Waals surface area contributed by atoms with E-state index in [0.717, 1.165) is 15.7 Å². The topological polar surface area (TPSA) is 49.3 Å². The molecule has 0 fully saturated rings. The van der Waals surface area contributed by atoms with Crippen molar-refractivity contribution < 1.29 is 9.90 Å². The molecule has 0 atom stereocenters. The van der Waals surface area contributed by atoms with E-state index >= 15 is 0 Å². The monoisotopic (exact) mass is 345 g/mol. The predicted molar refractivity (Wildman–Crippen MR) is 77.8 cm³/mol. The van der Waals surface area contributed by atoms with E-state index in [4.69, 9.17) is 16.7 Å². The van der Waals surface area contributed by atoms with Crippen molar-refractivity contribution in [3.05, 3.63) is 49.6 Å². The van der Waals surface area contributed by atoms with Gasteiger partial charge in [0.25, 0.3) is 0 Å². The molecule has 2 rings (SSSR count). The van der Waals surface area contributed by atoms with Crippen molar-refractivity contribution in [3.8, 4) is 0 Å². The summed E-state index contributed by atoms with van der Waals surface area (Å²) in [7, 11) is 0. The molecule has 0 saturated heterocycles. The van der Waals surface area contributed by atoms with Crippen molar-refractivity contribution in [2.75, 3.05) is 5.32 Å². The summed E-state index contributed by atoms with van der Waals surface area (Å²) >= 11 is 10.6. The molecule has 0 aliphatic rings. The van der Waals surface area contributed by atoms with Gasteiger partial charge in [0, 0.05) is 11.0 Å². The molecular formula is C12H9BrClNO2S. The molecule has 0 radical (unpaired) electrons. The highest BCUT2D eigenvalue weighted by atomic mass is 79.9. The lowest BCUT2D eigenvalue weighted by molar-refractivity contribution is 0.0701. The smallest absolute Gasteiger partial charge is 0.346 e. The number of thiophene rings is 1. The Labute approximate surface area is 122 Å². The Morgan fingerprint density at radius 3 is 2.94 bits per heavy atom. The molecule has 0 amide bonds. The highest BCUT2D eigenvalue weighted by Crippen LogP contribution is 2.27. The van der Waals surface area contributed by atoms with Crippen LogP contribution in [0, 0.1) is 0 Å². The standard InChI is InChI=1S/C12H9BrClNO2S/c13-8-1-2-9(14)10(5-8)15-6-7-3-4-18-11(7)12(16)17/h1-5,15H,6H2,(H,16,17). The van der Waals surface area contributed by atoms with Crippen LogP contribution < -0.4 is 5.32 Å². The van der Waals surface area contributed by atoms with Gasteiger partial charge in [0.2, 0.25) is 0 Å². The number of carboxylic acids is 1. The number of aromatic carboxylic acids is 1. The molecule has 0 bridgehead atoms. The first kappa shape index (κ1) is 13.4. The van der Waals surface area contributed by atoms with Crippen LogP contribution in [-0.4, -0.2) is 11.1 Å². The Balaban J connectivity index is 2.14. The van der Waals surface area contributed by atoms with Crippen LogP contribution in [0.15, 0.2) is 34.1 Å². The quantitative estimate of drug-likeness (QED) is 0.858. The fourth-order valence-corrected chi connectivity index (χ4v) is 2.79. The third kappa shape index (κ3) is 3.04. The maximum absolute atomic E-state index is 11.0. The Morgan fingerprint density at radius 2 is 2.22 bits per heavy atom. The van der Waals surface area contributed by atoms with Crippen LogP contribution in [0.2, 0.25) is 5.02 Å². The van der Waals surface area contributed by atoms with Crippen LogP contribution in [0.3, 0.4) is 0 Å². The molecule has 0 unspecified atom stereocenters. The molecule has 6 heteroatoms. The van der Waals surface area contributed by atoms with E-state index in [0.29, 0.717) is 16.4 Å². The fraction of sp³-hybridized carbons (Fsp3) is 0.0833. The number of rotatable bonds is 4. The largest absolute Gasteiger partial charge is 0.477 e. The van der Waals surface area contributed by atoms with Gasteiger partial charge in [0.15, 0.2) is 0 Å². The zero-order valence-electron chi connectivity index (χ0n) is 9.11. The third-order valence-corrected chi connectivity index (χ3v) is 4.11. The second-order valence-corrected chi connectivity index (χ2v) is 5.80. The Bertz CT molecular complexity index is 585. The normalized spacial score (nSPS) is 10.3. The molecule has 0 spiro atoms. The van der Waals surface area contributed by atoms with Gasteiger partial charge in [-0.15, -0.1) is 11.3 Å². The number of benzene rings is 1. The van der Waals surface area contributed by atoms with Crippen LogP contribution in [0.4, 0.5) is 5.69 Å². The summed E-state index contributed by atoms with van der Waals surface area (Å²) < 4.78 is 0.915. The first-order valence-corrected chi connectivity index (χ1v) is 7.11. The maximum atomic E-state index is 11.0. The summed E-state index contributed by atoms with van der Waals surface area (Å²) in [6.45, 7) is 0.432. The van der Waals surface area contributed by atoms with Crippen LogP contribution in [0.1, 0.15) is 15.2 Å². The summed E-state index contributed by atoms with van der Waals surface area (Å²) in [6.07, 6.45) is 0. The van der Waals surface area contributed by atoms with E-state index in [9.17, 15) is 4.79 Å². The molecule has 3 nitrogen and oxygen atoms in total. The van der Waals surface area contributed by atoms with Gasteiger partial charge in [0.05, 0.1) is 10.7 Å². The highest BCUT2D eigenvalue weighted by molar-refractivity contribution is 9.10. The molecular weight excluding hydrogens is 338 g/mol. The Kier molecular flexibility index (Phi) is 4.27. The summed E-state index contributed by atoms with van der Waals surface area (Å²) in [5, 5.41) is 14.5. The molecule has 2 aromatic rings. The fourth-order valence-electron chi connectivity index (χ4n) is 1.49. The number of anilines is 1. The number of hydrogen-bond donors (Lipinski definition) is 2. The minimum absolute atomic E-state index is 0.355. The molecule has 0 aliphatic heterocycles. The Hall–Kier alpha value is -1.04. The minimum Gasteiger partial charge on any atom is -0.477 e. The number of nitrogens with one attached hydrogen (secondary N) is 1. The number of carboxylic acid groups (broad SMARTS) is 1. The zero-order valence-corrected chi connectivity index (χ0v) is 12.3. The van der Waals surface area contributed by atoms with Crippen LogP contribution in [0.5, 0.6) is 0 Å². The highest BCUT2D eigenvalue weighted by Gasteiger charge is 2.11. The first-order chi connectivity index (χ1) is 8.58. The molecule has 1 aromatic carbocycles. The van der Waals surface area contributed by atoms with Crippen LogP contribution >= 0.6 is 38.9 Å². The SMILES string of the molecule is O=C(O)c1sccc1CNc1cc(Br)ccc1Cl. The van der Waals surface area contributed by atoms with Gasteiger partial charge < -0.3 is 10.4 Å². The van der Waals surface area contributed by atoms with Gasteiger partial charge in [-0.05, 0) is 35.2 Å². The predicted octanol–water partition coefficient (Wildman–Crippen LogP) is 4.47. The third-order valence-electron chi connectivity index (χ3n) is 2.34. The first-order valence-electron chi connectivity index (χ1n) is 5.06. The molecule has 1 aromatic heterocycles. The maximum Gasteiger partial charge on any atom is 0.346 e. The molecule has 0 saturated carbocycles. The molecule has 2 N–H and O–H groups in total. The van der Waals surface area contributed by atoms with Gasteiger partial charge >= 0.3 is 5.97 Å². The zero-order chi connectivity index (χ0) is 13.1. The van der Waals surface area contributed by atoms with Crippen LogP contribution in [0.25, 0.3) is 0 Å². The van der Waals surface area contributed by atoms with Gasteiger partial charge in [-0.2, -0.15) is 0 Å². The summed E-state index contributed by atoms with van der Waals surface area (Å²) in [5.74, 6) is -0.901. The van der Waals surface area contributed by atoms with Gasteiger partial charge in [-0.3, -0.25) is 0 Å². The van der Waals surface area contributed by atoms with Crippen molar-refractivity contribution >= 4 is 50.5 Å². The lowest BCUT2D eigenvalue weighted by Crippen LogP contribution is -2.04. The Morgan fingerprint density at radius 1 is 1.44 bits per heavy atom. The molecule has 0 aliphatic carbocycles. The van der Waals surface area contributed by atoms with E-state index in [1.807, 2.05) is 12.1 Å². The van der Waals surface area contributed by atoms with E-state index in [1.165, 1.54) is 11.3 Å². The second kappa shape index (κ2) is 5.73. The van der Waals surface area contributed by atoms with E-state index in [-0.39, 0.29) is 0 Å². The minimum atomic E-state index is -0.901. The van der Waals surface area contributed by atoms with Crippen LogP contribution in [-0.2, 0) is 6.54 Å². The van der Waals surface area contributed by atoms with Gasteiger partial charge in [0.1, 0.15) is 4.88 Å². The second-order valence-electron chi connectivity index (χ2n) is 3.56. The van der Waals surface area contributed by atoms with E-state index in [1.54, 1.807) is 17.5 Å². The summed E-state index contributed by atoms with van der Waals surface area (Å²) in [4.78, 5) is 11.3. The van der Waals surface area contributed by atoms with Crippen molar-refractivity contribution in [1.82, 2.24) is 0 Å². The molecule has 18 heavy (non-hydrogen) atoms. The molecule has 94 valence electrons. The lowest BCUT2D eigenvalue weighted by atomic mass is 10.2. The number of halogens is 2. The van der Waals surface area contributed by atoms with Crippen molar-refractivity contribution in [2.24, 2.45) is 0 Å². The summed E-state index contributed by atoms with van der Waals surface area (Å²) in [6, 6.07) is 7.28. The van der Waals surface area contributed by atoms with Crippen molar-refractivity contribution in [3.63, 3.8) is 0 Å². The van der Waals surface area contributed by atoms with E-state index in [2.05, 4.69) is 21.2 Å². The number of hydrogen-bond acceptors (Lipinski definition) is 3.